The molecule has 2 saturated heterocycles. The number of hydrogen-bond donors (Lipinski definition) is 13. The molecule has 1 saturated carbocycles. The lowest BCUT2D eigenvalue weighted by atomic mass is 9.81. The van der Waals surface area contributed by atoms with Crippen LogP contribution < -0.4 is 33.6 Å². The number of likely N-dealkylation sites (N-methyl/N-ethyl adjacent to an activating group) is 1. The van der Waals surface area contributed by atoms with Crippen LogP contribution in [0.5, 0.6) is 0 Å². The van der Waals surface area contributed by atoms with Gasteiger partial charge >= 0.3 is 0 Å². The average Bonchev–Trinajstić information content (AvgIpc) is 3.13. The molecule has 40 heavy (non-hydrogen) atoms. The van der Waals surface area contributed by atoms with E-state index in [1.54, 1.807) is 0 Å². The number of aliphatic hydroxyl groups excluding tert-OH is 6. The van der Waals surface area contributed by atoms with Crippen molar-refractivity contribution >= 4 is 12.2 Å². The van der Waals surface area contributed by atoms with Crippen molar-refractivity contribution in [1.29, 1.82) is 0 Å². The van der Waals surface area contributed by atoms with E-state index in [1.807, 2.05) is 0 Å². The molecular weight excluding hydrogens is 542 g/mol. The Morgan fingerprint density at radius 1 is 1.00 bits per heavy atom. The number of guanidine groups is 1. The third kappa shape index (κ3) is 6.23. The molecule has 0 unspecified atom stereocenters. The SMILES string of the molecule is CN[C@@H]1[C@H](O[C@H]2[C@H](O[C@H]3[C@H](O)[C@@H](O)[C@H](NC(N)N)[C@@H](O)[C@@H]3N=C(N)N)O[C@@H](C)[C@]2(O)C=O)O[C@@H](CO)[C@H](O)[C@H]1O. The molecule has 0 radical (unpaired) electrons. The van der Waals surface area contributed by atoms with E-state index in [2.05, 4.69) is 15.6 Å². The molecule has 19 nitrogen and oxygen atoms in total. The highest BCUT2D eigenvalue weighted by Gasteiger charge is 2.60. The van der Waals surface area contributed by atoms with E-state index in [4.69, 9.17) is 41.9 Å². The minimum atomic E-state index is -2.37. The smallest absolute Gasteiger partial charge is 0.188 e. The van der Waals surface area contributed by atoms with Crippen LogP contribution in [0, 0.1) is 0 Å². The Kier molecular flexibility index (Phi) is 10.8. The summed E-state index contributed by atoms with van der Waals surface area (Å²) < 4.78 is 23.0. The molecule has 3 aliphatic rings. The van der Waals surface area contributed by atoms with Gasteiger partial charge in [-0.05, 0) is 14.0 Å². The van der Waals surface area contributed by atoms with Gasteiger partial charge < -0.3 is 82.9 Å². The number of nitrogens with one attached hydrogen (secondary N) is 2. The predicted octanol–water partition coefficient (Wildman–Crippen LogP) is -8.64. The normalized spacial score (nSPS) is 47.8. The van der Waals surface area contributed by atoms with Gasteiger partial charge in [-0.2, -0.15) is 0 Å². The summed E-state index contributed by atoms with van der Waals surface area (Å²) in [7, 11) is 1.42. The fraction of sp³-hybridized carbons (Fsp3) is 0.905. The van der Waals surface area contributed by atoms with Gasteiger partial charge in [-0.1, -0.05) is 0 Å². The molecule has 0 aromatic carbocycles. The van der Waals surface area contributed by atoms with E-state index in [9.17, 15) is 40.5 Å². The number of aliphatic imine (C=N–C) groups is 1. The maximum absolute atomic E-state index is 12.1. The minimum absolute atomic E-state index is 0.148. The third-order valence-corrected chi connectivity index (χ3v) is 7.46. The van der Waals surface area contributed by atoms with Crippen molar-refractivity contribution in [2.45, 2.75) is 104 Å². The number of nitrogens with two attached hydrogens (primary N) is 4. The second kappa shape index (κ2) is 13.1. The van der Waals surface area contributed by atoms with Crippen molar-refractivity contribution in [1.82, 2.24) is 10.6 Å². The molecule has 0 spiro atoms. The van der Waals surface area contributed by atoms with E-state index < -0.39 is 110 Å². The van der Waals surface area contributed by atoms with Crippen molar-refractivity contribution in [3.8, 4) is 0 Å². The first-order chi connectivity index (χ1) is 18.7. The van der Waals surface area contributed by atoms with E-state index in [0.29, 0.717) is 0 Å². The van der Waals surface area contributed by atoms with Crippen molar-refractivity contribution in [3.63, 3.8) is 0 Å². The zero-order valence-corrected chi connectivity index (χ0v) is 21.9. The molecule has 3 fully saturated rings. The van der Waals surface area contributed by atoms with Gasteiger partial charge in [0.25, 0.3) is 0 Å². The van der Waals surface area contributed by atoms with Crippen LogP contribution in [0.2, 0.25) is 0 Å². The Morgan fingerprint density at radius 3 is 2.15 bits per heavy atom. The van der Waals surface area contributed by atoms with Crippen LogP contribution in [0.1, 0.15) is 6.92 Å². The zero-order valence-electron chi connectivity index (χ0n) is 21.9. The van der Waals surface area contributed by atoms with Crippen LogP contribution in [-0.4, -0.2) is 159 Å². The summed E-state index contributed by atoms with van der Waals surface area (Å²) in [5.41, 5.74) is 19.7. The highest BCUT2D eigenvalue weighted by atomic mass is 16.8. The van der Waals surface area contributed by atoms with Gasteiger partial charge in [0.15, 0.2) is 30.4 Å². The fourth-order valence-corrected chi connectivity index (χ4v) is 5.19. The average molecular weight is 584 g/mol. The molecular formula is C21H41N7O12. The van der Waals surface area contributed by atoms with Gasteiger partial charge in [0.05, 0.1) is 30.9 Å². The Bertz CT molecular complexity index is 887. The zero-order chi connectivity index (χ0) is 30.1. The van der Waals surface area contributed by atoms with E-state index in [1.165, 1.54) is 14.0 Å². The molecule has 0 aromatic heterocycles. The third-order valence-electron chi connectivity index (χ3n) is 7.46. The Balaban J connectivity index is 1.95. The van der Waals surface area contributed by atoms with Crippen molar-refractivity contribution in [2.24, 2.45) is 27.9 Å². The van der Waals surface area contributed by atoms with Crippen molar-refractivity contribution < 1.29 is 59.5 Å². The summed E-state index contributed by atoms with van der Waals surface area (Å²) in [5, 5.41) is 79.3. The van der Waals surface area contributed by atoms with Crippen LogP contribution in [0.3, 0.4) is 0 Å². The molecule has 2 aliphatic heterocycles. The number of carbonyl (C=O) groups excluding carboxylic acids is 1. The van der Waals surface area contributed by atoms with Crippen molar-refractivity contribution in [2.75, 3.05) is 13.7 Å². The quantitative estimate of drug-likeness (QED) is 0.0491. The summed E-state index contributed by atoms with van der Waals surface area (Å²) in [6.07, 6.45) is -18.2. The number of aliphatic hydroxyl groups is 7. The first-order valence-corrected chi connectivity index (χ1v) is 12.6. The summed E-state index contributed by atoms with van der Waals surface area (Å²) in [4.78, 5) is 16.0. The molecule has 19 heteroatoms. The van der Waals surface area contributed by atoms with E-state index in [0.717, 1.165) is 0 Å². The maximum Gasteiger partial charge on any atom is 0.188 e. The molecule has 0 bridgehead atoms. The lowest BCUT2D eigenvalue weighted by Gasteiger charge is -2.46. The molecule has 232 valence electrons. The van der Waals surface area contributed by atoms with Crippen LogP contribution in [0.15, 0.2) is 4.99 Å². The Hall–Kier alpha value is -1.66. The summed E-state index contributed by atoms with van der Waals surface area (Å²) in [6, 6.07) is -3.87. The highest BCUT2D eigenvalue weighted by Crippen LogP contribution is 2.38. The molecule has 0 aromatic rings. The van der Waals surface area contributed by atoms with E-state index >= 15 is 0 Å². The second-order valence-electron chi connectivity index (χ2n) is 10.1. The molecule has 1 aliphatic carbocycles. The lowest BCUT2D eigenvalue weighted by molar-refractivity contribution is -0.314. The molecule has 0 amide bonds. The van der Waals surface area contributed by atoms with Crippen LogP contribution in [0.25, 0.3) is 0 Å². The summed E-state index contributed by atoms with van der Waals surface area (Å²) in [6.45, 7) is 0.632. The number of carbonyl (C=O) groups is 1. The molecule has 17 N–H and O–H groups in total. The van der Waals surface area contributed by atoms with Crippen molar-refractivity contribution in [3.05, 3.63) is 0 Å². The lowest BCUT2D eigenvalue weighted by Crippen LogP contribution is -2.71. The number of aldehydes is 1. The second-order valence-corrected chi connectivity index (χ2v) is 10.1. The topological polar surface area (TPSA) is 336 Å². The molecule has 3 rings (SSSR count). The van der Waals surface area contributed by atoms with E-state index in [-0.39, 0.29) is 6.29 Å². The van der Waals surface area contributed by atoms with Gasteiger partial charge in [-0.25, -0.2) is 4.99 Å². The number of nitrogens with zero attached hydrogens (tertiary/aromatic N) is 1. The highest BCUT2D eigenvalue weighted by molar-refractivity contribution is 5.76. The monoisotopic (exact) mass is 583 g/mol. The minimum Gasteiger partial charge on any atom is -0.394 e. The fourth-order valence-electron chi connectivity index (χ4n) is 5.19. The Morgan fingerprint density at radius 2 is 1.62 bits per heavy atom. The standard InChI is InChI=1S/C21H41N7O12/c1-5-21(36,4-30)16(40-17-9(26-2)13(34)10(31)6(3-29)38-17)18(37-5)39-15-8(28-20(24)25)11(32)7(27-19(22)23)12(33)14(15)35/h4-19,26-27,29,31-36H,3,22-23H2,1-2H3,(H4,24,25,28)/t5-,6-,7+,8-,9-,10-,11+,12-,13-,14+,15+,16-,17-,18-,21+/m0/s1. The summed E-state index contributed by atoms with van der Waals surface area (Å²) >= 11 is 0. The first-order valence-electron chi connectivity index (χ1n) is 12.6. The number of ether oxygens (including phenoxy) is 4. The maximum atomic E-state index is 12.1. The Labute approximate surface area is 229 Å². The predicted molar refractivity (Wildman–Crippen MR) is 132 cm³/mol. The molecule has 15 atom stereocenters. The van der Waals surface area contributed by atoms with Crippen LogP contribution >= 0.6 is 0 Å². The van der Waals surface area contributed by atoms with Gasteiger partial charge in [0.1, 0.15) is 55.1 Å². The molecule has 2 heterocycles. The first kappa shape index (κ1) is 32.8. The largest absolute Gasteiger partial charge is 0.394 e. The number of rotatable bonds is 10. The summed E-state index contributed by atoms with van der Waals surface area (Å²) in [5.74, 6) is -0.509. The van der Waals surface area contributed by atoms with Gasteiger partial charge in [0, 0.05) is 0 Å². The van der Waals surface area contributed by atoms with Crippen LogP contribution in [-0.2, 0) is 23.7 Å². The van der Waals surface area contributed by atoms with Crippen LogP contribution in [0.4, 0.5) is 0 Å². The van der Waals surface area contributed by atoms with Gasteiger partial charge in [-0.3, -0.25) is 10.1 Å². The van der Waals surface area contributed by atoms with Gasteiger partial charge in [-0.15, -0.1) is 0 Å². The van der Waals surface area contributed by atoms with Gasteiger partial charge in [0.2, 0.25) is 0 Å². The number of hydrogen-bond acceptors (Lipinski definition) is 17.